The van der Waals surface area contributed by atoms with E-state index in [1.165, 1.54) is 0 Å². The molecule has 1 aromatic heterocycles. The normalized spacial score (nSPS) is 12.8. The SMILES string of the molecule is Cn1cc([C@H](N)CC(N)=O)c(Br)n1. The monoisotopic (exact) mass is 246 g/mol. The first-order valence-electron chi connectivity index (χ1n) is 3.73. The van der Waals surface area contributed by atoms with Crippen LogP contribution in [0, 0.1) is 0 Å². The van der Waals surface area contributed by atoms with E-state index in [0.717, 1.165) is 5.56 Å². The Morgan fingerprint density at radius 1 is 1.85 bits per heavy atom. The average molecular weight is 247 g/mol. The second kappa shape index (κ2) is 3.89. The summed E-state index contributed by atoms with van der Waals surface area (Å²) in [7, 11) is 1.78. The Kier molecular flexibility index (Phi) is 3.05. The van der Waals surface area contributed by atoms with E-state index in [1.807, 2.05) is 0 Å². The molecule has 1 aromatic rings. The van der Waals surface area contributed by atoms with Gasteiger partial charge in [-0.05, 0) is 15.9 Å². The van der Waals surface area contributed by atoms with Crippen molar-refractivity contribution in [3.8, 4) is 0 Å². The number of rotatable bonds is 3. The molecule has 0 saturated carbocycles. The highest BCUT2D eigenvalue weighted by molar-refractivity contribution is 9.10. The van der Waals surface area contributed by atoms with Crippen molar-refractivity contribution in [3.63, 3.8) is 0 Å². The van der Waals surface area contributed by atoms with Gasteiger partial charge in [0.25, 0.3) is 0 Å². The molecule has 0 aliphatic rings. The molecule has 1 rings (SSSR count). The van der Waals surface area contributed by atoms with Crippen LogP contribution in [0.3, 0.4) is 0 Å². The van der Waals surface area contributed by atoms with Crippen LogP contribution in [0.25, 0.3) is 0 Å². The molecule has 0 saturated heterocycles. The van der Waals surface area contributed by atoms with Crippen LogP contribution in [0.5, 0.6) is 0 Å². The van der Waals surface area contributed by atoms with E-state index in [2.05, 4.69) is 21.0 Å². The minimum absolute atomic E-state index is 0.129. The zero-order chi connectivity index (χ0) is 10.0. The van der Waals surface area contributed by atoms with Gasteiger partial charge in [0.2, 0.25) is 5.91 Å². The van der Waals surface area contributed by atoms with Crippen molar-refractivity contribution >= 4 is 21.8 Å². The Morgan fingerprint density at radius 2 is 2.46 bits per heavy atom. The van der Waals surface area contributed by atoms with Gasteiger partial charge in [0.05, 0.1) is 0 Å². The fourth-order valence-electron chi connectivity index (χ4n) is 1.06. The summed E-state index contributed by atoms with van der Waals surface area (Å²) in [6.07, 6.45) is 1.89. The maximum absolute atomic E-state index is 10.6. The van der Waals surface area contributed by atoms with Crippen LogP contribution in [0.15, 0.2) is 10.8 Å². The standard InChI is InChI=1S/C7H11BrN4O/c1-12-3-4(7(8)11-12)5(9)2-6(10)13/h3,5H,2,9H2,1H3,(H2,10,13)/t5-/m1/s1. The van der Waals surface area contributed by atoms with Crippen LogP contribution in [0.2, 0.25) is 0 Å². The summed E-state index contributed by atoms with van der Waals surface area (Å²) in [6, 6.07) is -0.388. The predicted octanol–water partition coefficient (Wildman–Crippen LogP) is 0.0578. The lowest BCUT2D eigenvalue weighted by atomic mass is 10.1. The molecule has 0 fully saturated rings. The average Bonchev–Trinajstić information content (AvgIpc) is 2.28. The molecule has 13 heavy (non-hydrogen) atoms. The number of primary amides is 1. The van der Waals surface area contributed by atoms with Crippen LogP contribution in [0.1, 0.15) is 18.0 Å². The molecule has 4 N–H and O–H groups in total. The van der Waals surface area contributed by atoms with Gasteiger partial charge in [-0.25, -0.2) is 0 Å². The van der Waals surface area contributed by atoms with Gasteiger partial charge in [-0.1, -0.05) is 0 Å². The number of halogens is 1. The van der Waals surface area contributed by atoms with Crippen LogP contribution in [-0.2, 0) is 11.8 Å². The van der Waals surface area contributed by atoms with Gasteiger partial charge in [0, 0.05) is 31.3 Å². The maximum atomic E-state index is 10.6. The van der Waals surface area contributed by atoms with Gasteiger partial charge in [0.15, 0.2) is 0 Å². The summed E-state index contributed by atoms with van der Waals surface area (Å²) < 4.78 is 2.28. The van der Waals surface area contributed by atoms with E-state index in [0.29, 0.717) is 4.60 Å². The molecule has 0 bridgehead atoms. The Hall–Kier alpha value is -0.880. The Morgan fingerprint density at radius 3 is 2.85 bits per heavy atom. The van der Waals surface area contributed by atoms with E-state index in [-0.39, 0.29) is 12.5 Å². The van der Waals surface area contributed by atoms with E-state index in [4.69, 9.17) is 11.5 Å². The highest BCUT2D eigenvalue weighted by Gasteiger charge is 2.14. The molecule has 5 nitrogen and oxygen atoms in total. The number of nitrogens with zero attached hydrogens (tertiary/aromatic N) is 2. The largest absolute Gasteiger partial charge is 0.370 e. The summed E-state index contributed by atoms with van der Waals surface area (Å²) in [5, 5.41) is 4.04. The number of hydrogen-bond acceptors (Lipinski definition) is 3. The summed E-state index contributed by atoms with van der Waals surface area (Å²) in [5.41, 5.74) is 11.5. The maximum Gasteiger partial charge on any atom is 0.219 e. The molecular weight excluding hydrogens is 236 g/mol. The Bertz CT molecular complexity index is 322. The molecule has 0 aliphatic carbocycles. The molecule has 1 amide bonds. The van der Waals surface area contributed by atoms with Crippen molar-refractivity contribution < 1.29 is 4.79 Å². The first kappa shape index (κ1) is 10.2. The Labute approximate surface area is 84.2 Å². The lowest BCUT2D eigenvalue weighted by Crippen LogP contribution is -2.20. The van der Waals surface area contributed by atoms with E-state index in [9.17, 15) is 4.79 Å². The first-order chi connectivity index (χ1) is 6.00. The zero-order valence-electron chi connectivity index (χ0n) is 7.20. The molecule has 0 aliphatic heterocycles. The molecule has 6 heteroatoms. The minimum atomic E-state index is -0.414. The van der Waals surface area contributed by atoms with Crippen molar-refractivity contribution in [1.82, 2.24) is 9.78 Å². The molecule has 0 aromatic carbocycles. The van der Waals surface area contributed by atoms with Crippen molar-refractivity contribution in [2.45, 2.75) is 12.5 Å². The third-order valence-corrected chi connectivity index (χ3v) is 2.25. The molecule has 0 radical (unpaired) electrons. The second-order valence-electron chi connectivity index (χ2n) is 2.83. The molecule has 1 heterocycles. The topological polar surface area (TPSA) is 86.9 Å². The van der Waals surface area contributed by atoms with Crippen molar-refractivity contribution in [2.24, 2.45) is 18.5 Å². The number of nitrogens with two attached hydrogens (primary N) is 2. The smallest absolute Gasteiger partial charge is 0.219 e. The van der Waals surface area contributed by atoms with Gasteiger partial charge in [0.1, 0.15) is 4.60 Å². The van der Waals surface area contributed by atoms with Crippen molar-refractivity contribution in [3.05, 3.63) is 16.4 Å². The number of carbonyl (C=O) groups excluding carboxylic acids is 1. The van der Waals surface area contributed by atoms with E-state index < -0.39 is 5.91 Å². The van der Waals surface area contributed by atoms with Crippen molar-refractivity contribution in [1.29, 1.82) is 0 Å². The van der Waals surface area contributed by atoms with Crippen LogP contribution < -0.4 is 11.5 Å². The molecule has 0 unspecified atom stereocenters. The van der Waals surface area contributed by atoms with Gasteiger partial charge in [-0.3, -0.25) is 9.48 Å². The quantitative estimate of drug-likeness (QED) is 0.791. The molecular formula is C7H11BrN4O. The lowest BCUT2D eigenvalue weighted by molar-refractivity contribution is -0.118. The summed E-state index contributed by atoms with van der Waals surface area (Å²) in [5.74, 6) is -0.414. The zero-order valence-corrected chi connectivity index (χ0v) is 8.78. The van der Waals surface area contributed by atoms with Crippen LogP contribution in [0.4, 0.5) is 0 Å². The highest BCUT2D eigenvalue weighted by Crippen LogP contribution is 2.21. The predicted molar refractivity (Wildman–Crippen MR) is 51.6 cm³/mol. The number of carbonyl (C=O) groups is 1. The third-order valence-electron chi connectivity index (χ3n) is 1.63. The minimum Gasteiger partial charge on any atom is -0.370 e. The number of aryl methyl sites for hydroxylation is 1. The number of aromatic nitrogens is 2. The lowest BCUT2D eigenvalue weighted by Gasteiger charge is -2.06. The Balaban J connectivity index is 2.81. The summed E-state index contributed by atoms with van der Waals surface area (Å²) in [6.45, 7) is 0. The number of hydrogen-bond donors (Lipinski definition) is 2. The van der Waals surface area contributed by atoms with E-state index in [1.54, 1.807) is 17.9 Å². The van der Waals surface area contributed by atoms with Gasteiger partial charge >= 0.3 is 0 Å². The first-order valence-corrected chi connectivity index (χ1v) is 4.53. The van der Waals surface area contributed by atoms with Crippen molar-refractivity contribution in [2.75, 3.05) is 0 Å². The van der Waals surface area contributed by atoms with Gasteiger partial charge < -0.3 is 11.5 Å². The second-order valence-corrected chi connectivity index (χ2v) is 3.58. The highest BCUT2D eigenvalue weighted by atomic mass is 79.9. The summed E-state index contributed by atoms with van der Waals surface area (Å²) >= 11 is 3.24. The fraction of sp³-hybridized carbons (Fsp3) is 0.429. The molecule has 0 spiro atoms. The van der Waals surface area contributed by atoms with Crippen LogP contribution >= 0.6 is 15.9 Å². The van der Waals surface area contributed by atoms with Crippen LogP contribution in [-0.4, -0.2) is 15.7 Å². The molecule has 72 valence electrons. The van der Waals surface area contributed by atoms with Gasteiger partial charge in [-0.15, -0.1) is 0 Å². The van der Waals surface area contributed by atoms with E-state index >= 15 is 0 Å². The van der Waals surface area contributed by atoms with Gasteiger partial charge in [-0.2, -0.15) is 5.10 Å². The fourth-order valence-corrected chi connectivity index (χ4v) is 1.70. The summed E-state index contributed by atoms with van der Waals surface area (Å²) in [4.78, 5) is 10.6. The number of amides is 1. The third kappa shape index (κ3) is 2.53. The molecule has 1 atom stereocenters.